The molecule has 2 aromatic rings. The smallest absolute Gasteiger partial charge is 0.255 e. The molecule has 114 valence electrons. The maximum absolute atomic E-state index is 12.2. The van der Waals surface area contributed by atoms with Crippen molar-refractivity contribution in [1.82, 2.24) is 0 Å². The van der Waals surface area contributed by atoms with Crippen molar-refractivity contribution in [2.75, 3.05) is 5.32 Å². The molecule has 3 heteroatoms. The number of phenols is 1. The number of benzene rings is 2. The molecule has 2 rings (SSSR count). The van der Waals surface area contributed by atoms with E-state index in [0.29, 0.717) is 11.3 Å². The van der Waals surface area contributed by atoms with Crippen molar-refractivity contribution in [1.29, 1.82) is 0 Å². The van der Waals surface area contributed by atoms with Crippen molar-refractivity contribution in [2.24, 2.45) is 5.41 Å². The van der Waals surface area contributed by atoms with Crippen molar-refractivity contribution in [2.45, 2.75) is 20.8 Å². The minimum atomic E-state index is -0.243. The molecule has 0 aliphatic rings. The first kappa shape index (κ1) is 15.8. The third kappa shape index (κ3) is 4.48. The van der Waals surface area contributed by atoms with Crippen molar-refractivity contribution >= 4 is 17.7 Å². The van der Waals surface area contributed by atoms with Crippen molar-refractivity contribution in [3.63, 3.8) is 0 Å². The number of nitrogens with one attached hydrogen (secondary N) is 1. The van der Waals surface area contributed by atoms with E-state index in [9.17, 15) is 9.90 Å². The third-order valence-corrected chi connectivity index (χ3v) is 3.10. The lowest BCUT2D eigenvalue weighted by atomic mass is 9.95. The fourth-order valence-corrected chi connectivity index (χ4v) is 1.87. The molecule has 0 radical (unpaired) electrons. The molecule has 0 saturated heterocycles. The molecule has 0 fully saturated rings. The molecule has 3 nitrogen and oxygen atoms in total. The summed E-state index contributed by atoms with van der Waals surface area (Å²) >= 11 is 0. The standard InChI is InChI=1S/C19H21NO2/c1-19(2,3)13-12-14-8-10-15(11-9-14)18(22)20-16-6-4-5-7-17(16)21/h4-13,21H,1-3H3,(H,20,22). The fourth-order valence-electron chi connectivity index (χ4n) is 1.87. The van der Waals surface area contributed by atoms with Crippen molar-refractivity contribution < 1.29 is 9.90 Å². The number of hydrogen-bond acceptors (Lipinski definition) is 2. The lowest BCUT2D eigenvalue weighted by molar-refractivity contribution is 0.102. The number of amides is 1. The number of anilines is 1. The lowest BCUT2D eigenvalue weighted by Gasteiger charge is -2.11. The van der Waals surface area contributed by atoms with Gasteiger partial charge in [-0.25, -0.2) is 0 Å². The van der Waals surface area contributed by atoms with Gasteiger partial charge in [0.1, 0.15) is 5.75 Å². The summed E-state index contributed by atoms with van der Waals surface area (Å²) in [6, 6.07) is 14.0. The van der Waals surface area contributed by atoms with Crippen LogP contribution in [0.2, 0.25) is 0 Å². The molecule has 1 amide bonds. The number of rotatable bonds is 3. The van der Waals surface area contributed by atoms with Gasteiger partial charge >= 0.3 is 0 Å². The van der Waals surface area contributed by atoms with Gasteiger partial charge in [-0.3, -0.25) is 4.79 Å². The summed E-state index contributed by atoms with van der Waals surface area (Å²) in [5, 5.41) is 12.4. The Morgan fingerprint density at radius 1 is 1.05 bits per heavy atom. The summed E-state index contributed by atoms with van der Waals surface area (Å²) in [6.07, 6.45) is 4.18. The highest BCUT2D eigenvalue weighted by Crippen LogP contribution is 2.22. The second-order valence-corrected chi connectivity index (χ2v) is 6.29. The Morgan fingerprint density at radius 3 is 2.27 bits per heavy atom. The third-order valence-electron chi connectivity index (χ3n) is 3.10. The minimum absolute atomic E-state index is 0.0561. The van der Waals surface area contributed by atoms with Crippen LogP contribution in [0, 0.1) is 5.41 Å². The maximum atomic E-state index is 12.2. The summed E-state index contributed by atoms with van der Waals surface area (Å²) in [4.78, 5) is 12.2. The first-order valence-corrected chi connectivity index (χ1v) is 7.24. The van der Waals surface area contributed by atoms with Crippen LogP contribution in [0.5, 0.6) is 5.75 Å². The molecule has 0 bridgehead atoms. The second-order valence-electron chi connectivity index (χ2n) is 6.29. The van der Waals surface area contributed by atoms with Gasteiger partial charge in [0.25, 0.3) is 5.91 Å². The lowest BCUT2D eigenvalue weighted by Crippen LogP contribution is -2.11. The van der Waals surface area contributed by atoms with Crippen LogP contribution in [0.4, 0.5) is 5.69 Å². The normalized spacial score (nSPS) is 11.6. The number of phenolic OH excluding ortho intramolecular Hbond substituents is 1. The Balaban J connectivity index is 2.09. The van der Waals surface area contributed by atoms with E-state index in [1.807, 2.05) is 18.2 Å². The van der Waals surface area contributed by atoms with E-state index in [2.05, 4.69) is 32.2 Å². The number of para-hydroxylation sites is 2. The molecule has 2 N–H and O–H groups in total. The van der Waals surface area contributed by atoms with E-state index in [1.165, 1.54) is 6.07 Å². The van der Waals surface area contributed by atoms with Gasteiger partial charge in [-0.05, 0) is 35.2 Å². The van der Waals surface area contributed by atoms with Gasteiger partial charge in [-0.1, -0.05) is 57.2 Å². The van der Waals surface area contributed by atoms with E-state index in [1.54, 1.807) is 30.3 Å². The van der Waals surface area contributed by atoms with E-state index in [-0.39, 0.29) is 17.1 Å². The molecule has 0 unspecified atom stereocenters. The molecular formula is C19H21NO2. The SMILES string of the molecule is CC(C)(C)C=Cc1ccc(C(=O)Nc2ccccc2O)cc1. The zero-order valence-corrected chi connectivity index (χ0v) is 13.1. The molecule has 22 heavy (non-hydrogen) atoms. The first-order valence-electron chi connectivity index (χ1n) is 7.24. The molecule has 0 aliphatic carbocycles. The summed E-state index contributed by atoms with van der Waals surface area (Å²) in [6.45, 7) is 6.41. The molecule has 0 spiro atoms. The number of aromatic hydroxyl groups is 1. The fraction of sp³-hybridized carbons (Fsp3) is 0.211. The highest BCUT2D eigenvalue weighted by atomic mass is 16.3. The molecule has 0 saturated carbocycles. The van der Waals surface area contributed by atoms with Gasteiger partial charge in [0.2, 0.25) is 0 Å². The Labute approximate surface area is 131 Å². The molecule has 0 aliphatic heterocycles. The number of hydrogen-bond donors (Lipinski definition) is 2. The molecule has 0 atom stereocenters. The zero-order chi connectivity index (χ0) is 16.2. The van der Waals surface area contributed by atoms with Crippen molar-refractivity contribution in [3.05, 3.63) is 65.7 Å². The van der Waals surface area contributed by atoms with Crippen LogP contribution in [0.25, 0.3) is 6.08 Å². The number of carbonyl (C=O) groups excluding carboxylic acids is 1. The average Bonchev–Trinajstić information content (AvgIpc) is 2.47. The quantitative estimate of drug-likeness (QED) is 0.806. The maximum Gasteiger partial charge on any atom is 0.255 e. The van der Waals surface area contributed by atoms with Crippen LogP contribution >= 0.6 is 0 Å². The van der Waals surface area contributed by atoms with Crippen LogP contribution in [0.1, 0.15) is 36.7 Å². The second kappa shape index (κ2) is 6.48. The molecule has 0 heterocycles. The zero-order valence-electron chi connectivity index (χ0n) is 13.1. The number of allylic oxidation sites excluding steroid dienone is 1. The van der Waals surface area contributed by atoms with Gasteiger partial charge < -0.3 is 10.4 Å². The van der Waals surface area contributed by atoms with Gasteiger partial charge in [0.05, 0.1) is 5.69 Å². The topological polar surface area (TPSA) is 49.3 Å². The monoisotopic (exact) mass is 295 g/mol. The number of carbonyl (C=O) groups is 1. The van der Waals surface area contributed by atoms with E-state index in [0.717, 1.165) is 5.56 Å². The predicted molar refractivity (Wildman–Crippen MR) is 91.0 cm³/mol. The summed E-state index contributed by atoms with van der Waals surface area (Å²) < 4.78 is 0. The van der Waals surface area contributed by atoms with Crippen LogP contribution in [0.3, 0.4) is 0 Å². The van der Waals surface area contributed by atoms with Gasteiger partial charge in [-0.15, -0.1) is 0 Å². The van der Waals surface area contributed by atoms with Crippen LogP contribution in [-0.4, -0.2) is 11.0 Å². The van der Waals surface area contributed by atoms with Gasteiger partial charge in [0, 0.05) is 5.56 Å². The summed E-state index contributed by atoms with van der Waals surface area (Å²) in [5.41, 5.74) is 2.13. The first-order chi connectivity index (χ1) is 10.3. The minimum Gasteiger partial charge on any atom is -0.506 e. The predicted octanol–water partition coefficient (Wildman–Crippen LogP) is 4.70. The average molecular weight is 295 g/mol. The van der Waals surface area contributed by atoms with Crippen LogP contribution in [-0.2, 0) is 0 Å². The highest BCUT2D eigenvalue weighted by molar-refractivity contribution is 6.05. The Hall–Kier alpha value is -2.55. The van der Waals surface area contributed by atoms with Gasteiger partial charge in [0.15, 0.2) is 0 Å². The van der Waals surface area contributed by atoms with E-state index >= 15 is 0 Å². The Kier molecular flexibility index (Phi) is 4.66. The Bertz CT molecular complexity index is 679. The summed E-state index contributed by atoms with van der Waals surface area (Å²) in [5.74, 6) is -0.187. The molecule has 2 aromatic carbocycles. The highest BCUT2D eigenvalue weighted by Gasteiger charge is 2.08. The van der Waals surface area contributed by atoms with Crippen LogP contribution < -0.4 is 5.32 Å². The summed E-state index contributed by atoms with van der Waals surface area (Å²) in [7, 11) is 0. The molecular weight excluding hydrogens is 274 g/mol. The van der Waals surface area contributed by atoms with Gasteiger partial charge in [-0.2, -0.15) is 0 Å². The largest absolute Gasteiger partial charge is 0.506 e. The Morgan fingerprint density at radius 2 is 1.68 bits per heavy atom. The van der Waals surface area contributed by atoms with E-state index < -0.39 is 0 Å². The van der Waals surface area contributed by atoms with Crippen molar-refractivity contribution in [3.8, 4) is 5.75 Å². The van der Waals surface area contributed by atoms with E-state index in [4.69, 9.17) is 0 Å². The molecule has 0 aromatic heterocycles. The van der Waals surface area contributed by atoms with Crippen LogP contribution in [0.15, 0.2) is 54.6 Å².